The lowest BCUT2D eigenvalue weighted by molar-refractivity contribution is -0.148. The van der Waals surface area contributed by atoms with Crippen LogP contribution >= 0.6 is 0 Å². The molecule has 0 unspecified atom stereocenters. The van der Waals surface area contributed by atoms with E-state index in [1.165, 1.54) is 0 Å². The van der Waals surface area contributed by atoms with E-state index in [1.807, 2.05) is 0 Å². The largest absolute Gasteiger partial charge is 0.464 e. The summed E-state index contributed by atoms with van der Waals surface area (Å²) in [5.41, 5.74) is 4.88. The molecule has 0 aromatic heterocycles. The van der Waals surface area contributed by atoms with Crippen LogP contribution < -0.4 is 11.1 Å². The van der Waals surface area contributed by atoms with Crippen LogP contribution in [0.15, 0.2) is 0 Å². The molecule has 0 rings (SSSR count). The quantitative estimate of drug-likeness (QED) is 0.347. The molecule has 100 valence electrons. The van der Waals surface area contributed by atoms with Gasteiger partial charge >= 0.3 is 5.97 Å². The molecular formula is C10H20N2O5. The number of hydrogen-bond acceptors (Lipinski definition) is 6. The molecule has 0 aliphatic heterocycles. The Hall–Kier alpha value is -1.18. The SMILES string of the molecule is CCOC(=O)COCCNCCOCC(N)=O. The van der Waals surface area contributed by atoms with Crippen molar-refractivity contribution in [1.29, 1.82) is 0 Å². The lowest BCUT2D eigenvalue weighted by Gasteiger charge is -2.06. The molecule has 17 heavy (non-hydrogen) atoms. The number of esters is 1. The first-order valence-electron chi connectivity index (χ1n) is 5.47. The van der Waals surface area contributed by atoms with E-state index in [0.29, 0.717) is 32.9 Å². The van der Waals surface area contributed by atoms with Crippen molar-refractivity contribution in [1.82, 2.24) is 5.32 Å². The Labute approximate surface area is 101 Å². The van der Waals surface area contributed by atoms with Crippen LogP contribution in [0.2, 0.25) is 0 Å². The van der Waals surface area contributed by atoms with Gasteiger partial charge in [0.05, 0.1) is 19.8 Å². The fourth-order valence-electron chi connectivity index (χ4n) is 0.945. The van der Waals surface area contributed by atoms with Crippen molar-refractivity contribution in [3.05, 3.63) is 0 Å². The Morgan fingerprint density at radius 2 is 1.71 bits per heavy atom. The molecule has 0 aliphatic rings. The van der Waals surface area contributed by atoms with Gasteiger partial charge in [0.1, 0.15) is 13.2 Å². The smallest absolute Gasteiger partial charge is 0.332 e. The van der Waals surface area contributed by atoms with Crippen LogP contribution in [0.4, 0.5) is 0 Å². The minimum absolute atomic E-state index is 0.0340. The number of nitrogens with one attached hydrogen (secondary N) is 1. The molecule has 0 bridgehead atoms. The molecule has 0 aromatic carbocycles. The summed E-state index contributed by atoms with van der Waals surface area (Å²) in [4.78, 5) is 21.2. The average Bonchev–Trinajstić information content (AvgIpc) is 2.27. The van der Waals surface area contributed by atoms with Crippen molar-refractivity contribution in [3.63, 3.8) is 0 Å². The number of hydrogen-bond donors (Lipinski definition) is 2. The molecule has 0 saturated carbocycles. The Bertz CT molecular complexity index is 223. The molecule has 0 atom stereocenters. The van der Waals surface area contributed by atoms with Gasteiger partial charge < -0.3 is 25.3 Å². The van der Waals surface area contributed by atoms with Gasteiger partial charge in [0, 0.05) is 13.1 Å². The lowest BCUT2D eigenvalue weighted by Crippen LogP contribution is -2.27. The summed E-state index contributed by atoms with van der Waals surface area (Å²) < 4.78 is 14.6. The van der Waals surface area contributed by atoms with E-state index in [2.05, 4.69) is 10.1 Å². The van der Waals surface area contributed by atoms with E-state index in [1.54, 1.807) is 6.92 Å². The summed E-state index contributed by atoms with van der Waals surface area (Å²) in [7, 11) is 0. The van der Waals surface area contributed by atoms with Crippen LogP contribution in [-0.2, 0) is 23.8 Å². The van der Waals surface area contributed by atoms with Gasteiger partial charge in [0.25, 0.3) is 0 Å². The average molecular weight is 248 g/mol. The monoisotopic (exact) mass is 248 g/mol. The van der Waals surface area contributed by atoms with Crippen molar-refractivity contribution in [2.75, 3.05) is 46.1 Å². The number of ether oxygens (including phenoxy) is 3. The summed E-state index contributed by atoms with van der Waals surface area (Å²) in [6.07, 6.45) is 0. The number of rotatable bonds is 11. The molecule has 3 N–H and O–H groups in total. The Kier molecular flexibility index (Phi) is 10.5. The van der Waals surface area contributed by atoms with Gasteiger partial charge in [0.15, 0.2) is 0 Å². The minimum Gasteiger partial charge on any atom is -0.464 e. The summed E-state index contributed by atoms with van der Waals surface area (Å²) >= 11 is 0. The predicted molar refractivity (Wildman–Crippen MR) is 60.3 cm³/mol. The molecule has 7 heteroatoms. The van der Waals surface area contributed by atoms with Crippen LogP contribution in [0.3, 0.4) is 0 Å². The van der Waals surface area contributed by atoms with Gasteiger partial charge in [-0.15, -0.1) is 0 Å². The first-order chi connectivity index (χ1) is 8.16. The van der Waals surface area contributed by atoms with E-state index in [4.69, 9.17) is 15.2 Å². The molecule has 0 fully saturated rings. The fourth-order valence-corrected chi connectivity index (χ4v) is 0.945. The van der Waals surface area contributed by atoms with Gasteiger partial charge in [-0.05, 0) is 6.92 Å². The second-order valence-corrected chi connectivity index (χ2v) is 3.13. The number of carbonyl (C=O) groups excluding carboxylic acids is 2. The third kappa shape index (κ3) is 12.8. The highest BCUT2D eigenvalue weighted by Crippen LogP contribution is 1.80. The van der Waals surface area contributed by atoms with Crippen molar-refractivity contribution in [2.45, 2.75) is 6.92 Å². The number of amides is 1. The minimum atomic E-state index is -0.484. The van der Waals surface area contributed by atoms with Gasteiger partial charge in [-0.25, -0.2) is 4.79 Å². The standard InChI is InChI=1S/C10H20N2O5/c1-2-17-10(14)8-16-6-4-12-3-5-15-7-9(11)13/h12H,2-8H2,1H3,(H2,11,13). The molecule has 0 aliphatic carbocycles. The zero-order chi connectivity index (χ0) is 12.9. The topological polar surface area (TPSA) is 99.9 Å². The lowest BCUT2D eigenvalue weighted by atomic mass is 10.6. The third-order valence-electron chi connectivity index (χ3n) is 1.62. The van der Waals surface area contributed by atoms with E-state index in [9.17, 15) is 9.59 Å². The van der Waals surface area contributed by atoms with E-state index in [-0.39, 0.29) is 19.2 Å². The van der Waals surface area contributed by atoms with E-state index < -0.39 is 5.91 Å². The summed E-state index contributed by atoms with van der Waals surface area (Å²) in [6.45, 7) is 4.00. The van der Waals surface area contributed by atoms with E-state index in [0.717, 1.165) is 0 Å². The molecule has 0 saturated heterocycles. The highest BCUT2D eigenvalue weighted by atomic mass is 16.6. The molecule has 1 amide bonds. The second kappa shape index (κ2) is 11.3. The summed E-state index contributed by atoms with van der Waals surface area (Å²) in [5.74, 6) is -0.847. The normalized spacial score (nSPS) is 10.2. The maximum atomic E-state index is 10.8. The van der Waals surface area contributed by atoms with Crippen molar-refractivity contribution in [3.8, 4) is 0 Å². The predicted octanol–water partition coefficient (Wildman–Crippen LogP) is -1.34. The van der Waals surface area contributed by atoms with Crippen LogP contribution in [0.25, 0.3) is 0 Å². The van der Waals surface area contributed by atoms with Crippen LogP contribution in [0, 0.1) is 0 Å². The first-order valence-corrected chi connectivity index (χ1v) is 5.47. The molecule has 0 heterocycles. The molecule has 0 spiro atoms. The fraction of sp³-hybridized carbons (Fsp3) is 0.800. The van der Waals surface area contributed by atoms with Crippen molar-refractivity contribution < 1.29 is 23.8 Å². The van der Waals surface area contributed by atoms with Gasteiger partial charge in [-0.1, -0.05) is 0 Å². The van der Waals surface area contributed by atoms with Crippen LogP contribution in [-0.4, -0.2) is 58.0 Å². The van der Waals surface area contributed by atoms with Crippen LogP contribution in [0.1, 0.15) is 6.92 Å². The number of primary amides is 1. The first kappa shape index (κ1) is 15.8. The zero-order valence-electron chi connectivity index (χ0n) is 10.1. The molecule has 7 nitrogen and oxygen atoms in total. The molecule has 0 radical (unpaired) electrons. The molecular weight excluding hydrogens is 228 g/mol. The van der Waals surface area contributed by atoms with Gasteiger partial charge in [-0.3, -0.25) is 4.79 Å². The van der Waals surface area contributed by atoms with Gasteiger partial charge in [0.2, 0.25) is 5.91 Å². The molecule has 0 aromatic rings. The van der Waals surface area contributed by atoms with Crippen molar-refractivity contribution >= 4 is 11.9 Å². The number of nitrogens with two attached hydrogens (primary N) is 1. The summed E-state index contributed by atoms with van der Waals surface area (Å²) in [6, 6.07) is 0. The van der Waals surface area contributed by atoms with Gasteiger partial charge in [-0.2, -0.15) is 0 Å². The highest BCUT2D eigenvalue weighted by molar-refractivity contribution is 5.74. The van der Waals surface area contributed by atoms with Crippen LogP contribution in [0.5, 0.6) is 0 Å². The van der Waals surface area contributed by atoms with Crippen molar-refractivity contribution in [2.24, 2.45) is 5.73 Å². The Morgan fingerprint density at radius 3 is 2.24 bits per heavy atom. The highest BCUT2D eigenvalue weighted by Gasteiger charge is 2.00. The number of carbonyl (C=O) groups is 2. The summed E-state index contributed by atoms with van der Waals surface area (Å²) in [5, 5.41) is 3.01. The maximum absolute atomic E-state index is 10.8. The Morgan fingerprint density at radius 1 is 1.12 bits per heavy atom. The Balaban J connectivity index is 3.08. The zero-order valence-corrected chi connectivity index (χ0v) is 10.1. The van der Waals surface area contributed by atoms with E-state index >= 15 is 0 Å². The maximum Gasteiger partial charge on any atom is 0.332 e. The second-order valence-electron chi connectivity index (χ2n) is 3.13. The third-order valence-corrected chi connectivity index (χ3v) is 1.62.